The van der Waals surface area contributed by atoms with Crippen molar-refractivity contribution in [3.05, 3.63) is 18.2 Å². The number of benzene rings is 1. The second-order valence-electron chi connectivity index (χ2n) is 2.51. The molecule has 1 aromatic carbocycles. The molecule has 0 saturated carbocycles. The second kappa shape index (κ2) is 5.41. The molecular formula is C7H7BF3KO2. The van der Waals surface area contributed by atoms with Crippen LogP contribution in [-0.4, -0.2) is 19.2 Å². The van der Waals surface area contributed by atoms with E-state index < -0.39 is 18.2 Å². The van der Waals surface area contributed by atoms with Crippen LogP contribution in [0.25, 0.3) is 0 Å². The van der Waals surface area contributed by atoms with Crippen LogP contribution in [0.3, 0.4) is 0 Å². The van der Waals surface area contributed by atoms with Crippen molar-refractivity contribution in [2.45, 2.75) is 0 Å². The van der Waals surface area contributed by atoms with E-state index >= 15 is 0 Å². The summed E-state index contributed by atoms with van der Waals surface area (Å²) in [7, 11) is 1.27. The van der Waals surface area contributed by atoms with Crippen molar-refractivity contribution in [3.8, 4) is 11.5 Å². The van der Waals surface area contributed by atoms with Gasteiger partial charge in [0.15, 0.2) is 11.5 Å². The molecule has 0 amide bonds. The quantitative estimate of drug-likeness (QED) is 0.624. The Hall–Kier alpha value is 0.311. The molecule has 0 unspecified atom stereocenters. The van der Waals surface area contributed by atoms with Crippen LogP contribution in [0.2, 0.25) is 0 Å². The fourth-order valence-electron chi connectivity index (χ4n) is 0.911. The molecule has 1 N–H and O–H groups in total. The van der Waals surface area contributed by atoms with Gasteiger partial charge in [0.1, 0.15) is 0 Å². The molecule has 1 aromatic rings. The van der Waals surface area contributed by atoms with Gasteiger partial charge in [-0.1, -0.05) is 6.07 Å². The Morgan fingerprint density at radius 1 is 1.29 bits per heavy atom. The molecule has 0 saturated heterocycles. The molecule has 0 heterocycles. The van der Waals surface area contributed by atoms with Crippen LogP contribution in [0.15, 0.2) is 18.2 Å². The van der Waals surface area contributed by atoms with Crippen LogP contribution < -0.4 is 61.6 Å². The van der Waals surface area contributed by atoms with Crippen LogP contribution in [-0.2, 0) is 0 Å². The third-order valence-electron chi connectivity index (χ3n) is 1.58. The fraction of sp³-hybridized carbons (Fsp3) is 0.143. The van der Waals surface area contributed by atoms with Gasteiger partial charge in [-0.2, -0.15) is 0 Å². The summed E-state index contributed by atoms with van der Waals surface area (Å²) in [5.41, 5.74) is -0.835. The standard InChI is InChI=1S/C7H7BF3O2.K/c1-13-7-3-2-5(4-6(7)12)8(9,10)11;/h2-4,12H,1H3;/q-1;+1. The van der Waals surface area contributed by atoms with E-state index in [1.807, 2.05) is 0 Å². The predicted molar refractivity (Wildman–Crippen MR) is 43.4 cm³/mol. The predicted octanol–water partition coefficient (Wildman–Crippen LogP) is -1.54. The van der Waals surface area contributed by atoms with Crippen molar-refractivity contribution >= 4 is 12.4 Å². The maximum atomic E-state index is 12.1. The molecule has 0 radical (unpaired) electrons. The average Bonchev–Trinajstić information content (AvgIpc) is 2.02. The third kappa shape index (κ3) is 3.47. The summed E-state index contributed by atoms with van der Waals surface area (Å²) in [5, 5.41) is 9.04. The topological polar surface area (TPSA) is 29.5 Å². The normalized spacial score (nSPS) is 10.6. The van der Waals surface area contributed by atoms with E-state index in [2.05, 4.69) is 4.74 Å². The summed E-state index contributed by atoms with van der Waals surface area (Å²) in [5.74, 6) is -0.469. The summed E-state index contributed by atoms with van der Waals surface area (Å²) >= 11 is 0. The number of phenolic OH excluding ortho intramolecular Hbond substituents is 1. The molecule has 2 nitrogen and oxygen atoms in total. The van der Waals surface area contributed by atoms with Gasteiger partial charge in [-0.25, -0.2) is 0 Å². The SMILES string of the molecule is COc1ccc([B-](F)(F)F)cc1O.[K+]. The molecule has 0 aliphatic rings. The average molecular weight is 230 g/mol. The second-order valence-corrected chi connectivity index (χ2v) is 2.51. The van der Waals surface area contributed by atoms with Gasteiger partial charge in [-0.15, -0.1) is 5.46 Å². The number of hydrogen-bond acceptors (Lipinski definition) is 2. The molecule has 14 heavy (non-hydrogen) atoms. The summed E-state index contributed by atoms with van der Waals surface area (Å²) < 4.78 is 40.9. The Morgan fingerprint density at radius 3 is 2.21 bits per heavy atom. The van der Waals surface area contributed by atoms with Gasteiger partial charge >= 0.3 is 58.4 Å². The molecule has 0 aliphatic carbocycles. The van der Waals surface area contributed by atoms with Gasteiger partial charge in [0, 0.05) is 0 Å². The van der Waals surface area contributed by atoms with Gasteiger partial charge in [0.05, 0.1) is 7.11 Å². The number of aromatic hydroxyl groups is 1. The molecule has 7 heteroatoms. The van der Waals surface area contributed by atoms with Crippen molar-refractivity contribution in [3.63, 3.8) is 0 Å². The smallest absolute Gasteiger partial charge is 0.504 e. The molecule has 0 fully saturated rings. The number of hydrogen-bond donors (Lipinski definition) is 1. The molecule has 72 valence electrons. The summed E-state index contributed by atoms with van der Waals surface area (Å²) in [6.45, 7) is -5.06. The van der Waals surface area contributed by atoms with E-state index in [0.29, 0.717) is 6.07 Å². The minimum atomic E-state index is -5.06. The van der Waals surface area contributed by atoms with Crippen LogP contribution >= 0.6 is 0 Å². The number of rotatable bonds is 2. The first-order valence-corrected chi connectivity index (χ1v) is 3.52. The summed E-state index contributed by atoms with van der Waals surface area (Å²) in [4.78, 5) is 0. The zero-order valence-electron chi connectivity index (χ0n) is 7.80. The Labute approximate surface area is 122 Å². The monoisotopic (exact) mass is 230 g/mol. The van der Waals surface area contributed by atoms with Crippen molar-refractivity contribution in [1.29, 1.82) is 0 Å². The van der Waals surface area contributed by atoms with E-state index in [1.54, 1.807) is 0 Å². The van der Waals surface area contributed by atoms with Crippen molar-refractivity contribution in [1.82, 2.24) is 0 Å². The molecule has 0 aromatic heterocycles. The maximum Gasteiger partial charge on any atom is 1.00 e. The summed E-state index contributed by atoms with van der Waals surface area (Å²) in [6.07, 6.45) is 0. The number of ether oxygens (including phenoxy) is 1. The van der Waals surface area contributed by atoms with Crippen LogP contribution in [0.1, 0.15) is 0 Å². The summed E-state index contributed by atoms with van der Waals surface area (Å²) in [6, 6.07) is 2.61. The van der Waals surface area contributed by atoms with Crippen LogP contribution in [0.4, 0.5) is 12.9 Å². The minimum absolute atomic E-state index is 0. The van der Waals surface area contributed by atoms with Gasteiger partial charge in [0.2, 0.25) is 0 Å². The number of phenols is 1. The van der Waals surface area contributed by atoms with Crippen LogP contribution in [0, 0.1) is 0 Å². The van der Waals surface area contributed by atoms with E-state index in [0.717, 1.165) is 12.1 Å². The largest absolute Gasteiger partial charge is 1.00 e. The Kier molecular flexibility index (Phi) is 5.53. The fourth-order valence-corrected chi connectivity index (χ4v) is 0.911. The number of methoxy groups -OCH3 is 1. The molecular weight excluding hydrogens is 223 g/mol. The molecule has 0 atom stereocenters. The van der Waals surface area contributed by atoms with E-state index in [1.165, 1.54) is 7.11 Å². The van der Waals surface area contributed by atoms with Crippen molar-refractivity contribution in [2.75, 3.05) is 7.11 Å². The Morgan fingerprint density at radius 2 is 1.86 bits per heavy atom. The maximum absolute atomic E-state index is 12.1. The first kappa shape index (κ1) is 14.3. The minimum Gasteiger partial charge on any atom is -0.504 e. The van der Waals surface area contributed by atoms with Gasteiger partial charge in [-0.05, 0) is 12.1 Å². The molecule has 0 spiro atoms. The van der Waals surface area contributed by atoms with E-state index in [9.17, 15) is 12.9 Å². The first-order chi connectivity index (χ1) is 5.95. The number of halogens is 3. The van der Waals surface area contributed by atoms with E-state index in [4.69, 9.17) is 5.11 Å². The Balaban J connectivity index is 0.00000169. The van der Waals surface area contributed by atoms with Gasteiger partial charge < -0.3 is 22.8 Å². The molecule has 1 rings (SSSR count). The molecule has 0 bridgehead atoms. The van der Waals surface area contributed by atoms with E-state index in [-0.39, 0.29) is 57.1 Å². The Bertz CT molecular complexity index is 316. The van der Waals surface area contributed by atoms with Gasteiger partial charge in [0.25, 0.3) is 0 Å². The zero-order chi connectivity index (χ0) is 10.1. The van der Waals surface area contributed by atoms with Crippen molar-refractivity contribution < 1.29 is 74.2 Å². The van der Waals surface area contributed by atoms with Crippen molar-refractivity contribution in [2.24, 2.45) is 0 Å². The van der Waals surface area contributed by atoms with Crippen LogP contribution in [0.5, 0.6) is 11.5 Å². The van der Waals surface area contributed by atoms with Gasteiger partial charge in [-0.3, -0.25) is 0 Å². The third-order valence-corrected chi connectivity index (χ3v) is 1.58. The first-order valence-electron chi connectivity index (χ1n) is 3.52. The zero-order valence-corrected chi connectivity index (χ0v) is 10.9. The molecule has 0 aliphatic heterocycles.